The van der Waals surface area contributed by atoms with E-state index in [9.17, 15) is 9.59 Å². The lowest BCUT2D eigenvalue weighted by Crippen LogP contribution is -2.41. The third-order valence-electron chi connectivity index (χ3n) is 3.74. The summed E-state index contributed by atoms with van der Waals surface area (Å²) in [7, 11) is 1.49. The first-order valence-electron chi connectivity index (χ1n) is 8.37. The fourth-order valence-electron chi connectivity index (χ4n) is 2.41. The zero-order valence-electron chi connectivity index (χ0n) is 15.2. The van der Waals surface area contributed by atoms with Gasteiger partial charge < -0.3 is 9.47 Å². The summed E-state index contributed by atoms with van der Waals surface area (Å²) in [6.45, 7) is 2.33. The Morgan fingerprint density at radius 3 is 2.43 bits per heavy atom. The second-order valence-corrected chi connectivity index (χ2v) is 5.51. The Kier molecular flexibility index (Phi) is 5.80. The summed E-state index contributed by atoms with van der Waals surface area (Å²) in [4.78, 5) is 24.7. The monoisotopic (exact) mass is 382 g/mol. The number of carbonyl (C=O) groups excluding carboxylic acids is 2. The van der Waals surface area contributed by atoms with E-state index in [1.54, 1.807) is 36.4 Å². The van der Waals surface area contributed by atoms with Crippen LogP contribution in [0.3, 0.4) is 0 Å². The van der Waals surface area contributed by atoms with E-state index in [0.29, 0.717) is 34.9 Å². The molecule has 2 N–H and O–H groups in total. The summed E-state index contributed by atoms with van der Waals surface area (Å²) in [6, 6.07) is 11.4. The number of hydrogen-bond donors (Lipinski definition) is 2. The molecule has 2 aromatic carbocycles. The smallest absolute Gasteiger partial charge is 0.269 e. The van der Waals surface area contributed by atoms with Gasteiger partial charge in [-0.25, -0.2) is 4.68 Å². The Hall–Kier alpha value is -3.95. The highest BCUT2D eigenvalue weighted by atomic mass is 16.5. The number of ether oxygens (including phenoxy) is 2. The standard InChI is InChI=1S/C18H18N6O4/c1-3-28-15-8-7-13(10-16(15)27-2)18(26)21-20-17(25)12-5-4-6-14(9-12)24-11-19-22-23-24/h4-11H,3H2,1-2H3,(H,20,25)(H,21,26). The van der Waals surface area contributed by atoms with Gasteiger partial charge in [-0.2, -0.15) is 0 Å². The van der Waals surface area contributed by atoms with Crippen molar-refractivity contribution in [3.8, 4) is 17.2 Å². The van der Waals surface area contributed by atoms with Gasteiger partial charge in [0.05, 0.1) is 19.4 Å². The van der Waals surface area contributed by atoms with Gasteiger partial charge in [0.2, 0.25) is 0 Å². The van der Waals surface area contributed by atoms with Crippen molar-refractivity contribution in [1.82, 2.24) is 31.1 Å². The topological polar surface area (TPSA) is 120 Å². The fourth-order valence-corrected chi connectivity index (χ4v) is 2.41. The lowest BCUT2D eigenvalue weighted by atomic mass is 10.2. The number of hydrazine groups is 1. The minimum absolute atomic E-state index is 0.308. The number of tetrazole rings is 1. The summed E-state index contributed by atoms with van der Waals surface area (Å²) in [6.07, 6.45) is 1.41. The van der Waals surface area contributed by atoms with E-state index in [4.69, 9.17) is 9.47 Å². The lowest BCUT2D eigenvalue weighted by molar-refractivity contribution is 0.0846. The van der Waals surface area contributed by atoms with Crippen molar-refractivity contribution in [1.29, 1.82) is 0 Å². The molecule has 0 spiro atoms. The minimum Gasteiger partial charge on any atom is -0.493 e. The summed E-state index contributed by atoms with van der Waals surface area (Å²) in [5.74, 6) is -0.0209. The molecule has 10 nitrogen and oxygen atoms in total. The van der Waals surface area contributed by atoms with E-state index in [2.05, 4.69) is 26.4 Å². The molecule has 144 valence electrons. The second kappa shape index (κ2) is 8.62. The molecule has 28 heavy (non-hydrogen) atoms. The Labute approximate surface area is 160 Å². The predicted octanol–water partition coefficient (Wildman–Crippen LogP) is 1.14. The van der Waals surface area contributed by atoms with Gasteiger partial charge in [0.25, 0.3) is 11.8 Å². The number of rotatable bonds is 6. The fraction of sp³-hybridized carbons (Fsp3) is 0.167. The van der Waals surface area contributed by atoms with Crippen molar-refractivity contribution in [3.63, 3.8) is 0 Å². The van der Waals surface area contributed by atoms with Crippen LogP contribution in [-0.2, 0) is 0 Å². The SMILES string of the molecule is CCOc1ccc(C(=O)NNC(=O)c2cccc(-n3cnnn3)c2)cc1OC. The van der Waals surface area contributed by atoms with Crippen molar-refractivity contribution < 1.29 is 19.1 Å². The van der Waals surface area contributed by atoms with Gasteiger partial charge in [-0.1, -0.05) is 6.07 Å². The van der Waals surface area contributed by atoms with Crippen LogP contribution in [0.5, 0.6) is 11.5 Å². The van der Waals surface area contributed by atoms with Crippen molar-refractivity contribution in [2.24, 2.45) is 0 Å². The number of amides is 2. The molecule has 0 radical (unpaired) electrons. The zero-order valence-corrected chi connectivity index (χ0v) is 15.2. The molecule has 3 rings (SSSR count). The summed E-state index contributed by atoms with van der Waals surface area (Å²) >= 11 is 0. The average Bonchev–Trinajstić information content (AvgIpc) is 3.27. The van der Waals surface area contributed by atoms with Gasteiger partial charge in [-0.3, -0.25) is 20.4 Å². The molecule has 0 aliphatic rings. The molecule has 1 heterocycles. The van der Waals surface area contributed by atoms with Crippen LogP contribution in [0.15, 0.2) is 48.8 Å². The highest BCUT2D eigenvalue weighted by Crippen LogP contribution is 2.27. The van der Waals surface area contributed by atoms with Gasteiger partial charge in [-0.05, 0) is 53.7 Å². The van der Waals surface area contributed by atoms with E-state index in [-0.39, 0.29) is 0 Å². The first kappa shape index (κ1) is 18.8. The van der Waals surface area contributed by atoms with Gasteiger partial charge in [-0.15, -0.1) is 5.10 Å². The summed E-state index contributed by atoms with van der Waals surface area (Å²) in [5, 5.41) is 10.9. The summed E-state index contributed by atoms with van der Waals surface area (Å²) in [5.41, 5.74) is 6.00. The molecule has 0 fully saturated rings. The van der Waals surface area contributed by atoms with Crippen LogP contribution >= 0.6 is 0 Å². The Bertz CT molecular complexity index is 974. The lowest BCUT2D eigenvalue weighted by Gasteiger charge is -2.12. The molecule has 1 aromatic heterocycles. The molecule has 0 atom stereocenters. The van der Waals surface area contributed by atoms with Crippen molar-refractivity contribution in [2.45, 2.75) is 6.92 Å². The first-order valence-corrected chi connectivity index (χ1v) is 8.37. The van der Waals surface area contributed by atoms with Crippen LogP contribution in [0.1, 0.15) is 27.6 Å². The maximum absolute atomic E-state index is 12.3. The zero-order chi connectivity index (χ0) is 19.9. The summed E-state index contributed by atoms with van der Waals surface area (Å²) < 4.78 is 12.1. The molecule has 0 unspecified atom stereocenters. The third kappa shape index (κ3) is 4.23. The second-order valence-electron chi connectivity index (χ2n) is 5.51. The van der Waals surface area contributed by atoms with E-state index < -0.39 is 11.8 Å². The van der Waals surface area contributed by atoms with Crippen LogP contribution in [0.25, 0.3) is 5.69 Å². The number of methoxy groups -OCH3 is 1. The van der Waals surface area contributed by atoms with Gasteiger partial charge >= 0.3 is 0 Å². The quantitative estimate of drug-likeness (QED) is 0.614. The highest BCUT2D eigenvalue weighted by molar-refractivity contribution is 5.99. The number of benzene rings is 2. The number of hydrogen-bond acceptors (Lipinski definition) is 7. The van der Waals surface area contributed by atoms with Crippen LogP contribution < -0.4 is 20.3 Å². The molecule has 10 heteroatoms. The van der Waals surface area contributed by atoms with Gasteiger partial charge in [0.1, 0.15) is 6.33 Å². The van der Waals surface area contributed by atoms with Gasteiger partial charge in [0, 0.05) is 11.1 Å². The Balaban J connectivity index is 1.66. The van der Waals surface area contributed by atoms with E-state index in [1.165, 1.54) is 24.2 Å². The van der Waals surface area contributed by atoms with E-state index in [1.807, 2.05) is 6.92 Å². The van der Waals surface area contributed by atoms with Crippen molar-refractivity contribution in [3.05, 3.63) is 59.9 Å². The number of carbonyl (C=O) groups is 2. The van der Waals surface area contributed by atoms with Crippen LogP contribution in [0.2, 0.25) is 0 Å². The third-order valence-corrected chi connectivity index (χ3v) is 3.74. The molecular weight excluding hydrogens is 364 g/mol. The largest absolute Gasteiger partial charge is 0.493 e. The molecule has 0 aliphatic carbocycles. The van der Waals surface area contributed by atoms with E-state index >= 15 is 0 Å². The average molecular weight is 382 g/mol. The Morgan fingerprint density at radius 1 is 1.04 bits per heavy atom. The van der Waals surface area contributed by atoms with Crippen LogP contribution in [-0.4, -0.2) is 45.7 Å². The minimum atomic E-state index is -0.494. The molecule has 0 saturated heterocycles. The molecule has 3 aromatic rings. The predicted molar refractivity (Wildman–Crippen MR) is 98.2 cm³/mol. The molecule has 0 saturated carbocycles. The van der Waals surface area contributed by atoms with E-state index in [0.717, 1.165) is 0 Å². The van der Waals surface area contributed by atoms with Gasteiger partial charge in [0.15, 0.2) is 11.5 Å². The van der Waals surface area contributed by atoms with Crippen molar-refractivity contribution in [2.75, 3.05) is 13.7 Å². The van der Waals surface area contributed by atoms with Crippen LogP contribution in [0.4, 0.5) is 0 Å². The molecule has 2 amide bonds. The molecule has 0 aliphatic heterocycles. The van der Waals surface area contributed by atoms with Crippen LogP contribution in [0, 0.1) is 0 Å². The normalized spacial score (nSPS) is 10.2. The number of nitrogens with one attached hydrogen (secondary N) is 2. The van der Waals surface area contributed by atoms with Crippen molar-refractivity contribution >= 4 is 11.8 Å². The number of aromatic nitrogens is 4. The first-order chi connectivity index (χ1) is 13.6. The maximum atomic E-state index is 12.3. The highest BCUT2D eigenvalue weighted by Gasteiger charge is 2.13. The maximum Gasteiger partial charge on any atom is 0.269 e. The molecule has 0 bridgehead atoms. The number of nitrogens with zero attached hydrogens (tertiary/aromatic N) is 4. The molecular formula is C18H18N6O4. The Morgan fingerprint density at radius 2 is 1.79 bits per heavy atom.